The molecule has 0 radical (unpaired) electrons. The van der Waals surface area contributed by atoms with Gasteiger partial charge in [-0.3, -0.25) is 14.5 Å². The normalized spacial score (nSPS) is 13.9. The molecular weight excluding hydrogens is 364 g/mol. The van der Waals surface area contributed by atoms with Crippen molar-refractivity contribution in [3.63, 3.8) is 0 Å². The third-order valence-electron chi connectivity index (χ3n) is 4.37. The highest BCUT2D eigenvalue weighted by Crippen LogP contribution is 2.32. The molecule has 0 spiro atoms. The SMILES string of the molecule is O=C(OCC(=O)N1CCCC1=O)c1ccccc1-c1nc2ccccc2s1. The summed E-state index contributed by atoms with van der Waals surface area (Å²) in [6.07, 6.45) is 1.01. The third kappa shape index (κ3) is 3.46. The predicted molar refractivity (Wildman–Crippen MR) is 101 cm³/mol. The maximum Gasteiger partial charge on any atom is 0.339 e. The molecule has 1 aromatic heterocycles. The van der Waals surface area contributed by atoms with Crippen molar-refractivity contribution in [3.05, 3.63) is 54.1 Å². The zero-order valence-electron chi connectivity index (χ0n) is 14.4. The number of ether oxygens (including phenoxy) is 1. The van der Waals surface area contributed by atoms with Gasteiger partial charge in [-0.2, -0.15) is 0 Å². The molecule has 0 N–H and O–H groups in total. The first kappa shape index (κ1) is 17.4. The summed E-state index contributed by atoms with van der Waals surface area (Å²) in [6.45, 7) is -0.0593. The molecule has 0 saturated carbocycles. The van der Waals surface area contributed by atoms with Crippen LogP contribution in [0.15, 0.2) is 48.5 Å². The van der Waals surface area contributed by atoms with E-state index in [4.69, 9.17) is 4.74 Å². The number of nitrogens with zero attached hydrogens (tertiary/aromatic N) is 2. The summed E-state index contributed by atoms with van der Waals surface area (Å²) in [4.78, 5) is 42.0. The standard InChI is InChI=1S/C20H16N2O4S/c23-17-10-5-11-22(17)18(24)12-26-20(25)14-7-2-1-6-13(14)19-21-15-8-3-4-9-16(15)27-19/h1-4,6-9H,5,10-12H2. The Hall–Kier alpha value is -3.06. The van der Waals surface area contributed by atoms with Crippen LogP contribution in [0.25, 0.3) is 20.8 Å². The van der Waals surface area contributed by atoms with Crippen LogP contribution < -0.4 is 0 Å². The van der Waals surface area contributed by atoms with Gasteiger partial charge < -0.3 is 4.74 Å². The van der Waals surface area contributed by atoms with Gasteiger partial charge in [0.2, 0.25) is 5.91 Å². The number of aromatic nitrogens is 1. The molecule has 136 valence electrons. The quantitative estimate of drug-likeness (QED) is 0.649. The van der Waals surface area contributed by atoms with Crippen LogP contribution in [-0.2, 0) is 14.3 Å². The number of amides is 2. The number of carbonyl (C=O) groups is 3. The van der Waals surface area contributed by atoms with Crippen molar-refractivity contribution in [1.82, 2.24) is 9.88 Å². The number of benzene rings is 2. The lowest BCUT2D eigenvalue weighted by atomic mass is 10.1. The van der Waals surface area contributed by atoms with Crippen molar-refractivity contribution in [3.8, 4) is 10.6 Å². The molecule has 2 aromatic carbocycles. The summed E-state index contributed by atoms with van der Waals surface area (Å²) in [7, 11) is 0. The van der Waals surface area contributed by atoms with Crippen molar-refractivity contribution < 1.29 is 19.1 Å². The first-order chi connectivity index (χ1) is 13.1. The van der Waals surface area contributed by atoms with Crippen LogP contribution in [0.2, 0.25) is 0 Å². The first-order valence-electron chi connectivity index (χ1n) is 8.59. The molecule has 0 atom stereocenters. The number of esters is 1. The highest BCUT2D eigenvalue weighted by molar-refractivity contribution is 7.21. The van der Waals surface area contributed by atoms with E-state index in [1.807, 2.05) is 30.3 Å². The van der Waals surface area contributed by atoms with Crippen LogP contribution in [0.4, 0.5) is 0 Å². The summed E-state index contributed by atoms with van der Waals surface area (Å²) in [6, 6.07) is 14.8. The molecule has 1 fully saturated rings. The number of fused-ring (bicyclic) bond motifs is 1. The van der Waals surface area contributed by atoms with Crippen molar-refractivity contribution in [1.29, 1.82) is 0 Å². The minimum absolute atomic E-state index is 0.217. The number of likely N-dealkylation sites (tertiary alicyclic amines) is 1. The molecule has 6 nitrogen and oxygen atoms in total. The number of rotatable bonds is 4. The Bertz CT molecular complexity index is 1010. The zero-order chi connectivity index (χ0) is 18.8. The molecule has 4 rings (SSSR count). The molecule has 0 aliphatic carbocycles. The van der Waals surface area contributed by atoms with Gasteiger partial charge in [-0.1, -0.05) is 30.3 Å². The molecule has 0 bridgehead atoms. The topological polar surface area (TPSA) is 76.6 Å². The van der Waals surface area contributed by atoms with Gasteiger partial charge >= 0.3 is 5.97 Å². The average molecular weight is 380 g/mol. The van der Waals surface area contributed by atoms with Crippen molar-refractivity contribution >= 4 is 39.3 Å². The van der Waals surface area contributed by atoms with Crippen LogP contribution in [0.1, 0.15) is 23.2 Å². The Morgan fingerprint density at radius 3 is 2.67 bits per heavy atom. The highest BCUT2D eigenvalue weighted by atomic mass is 32.1. The first-order valence-corrected chi connectivity index (χ1v) is 9.40. The molecule has 2 amide bonds. The Morgan fingerprint density at radius 2 is 1.89 bits per heavy atom. The zero-order valence-corrected chi connectivity index (χ0v) is 15.2. The van der Waals surface area contributed by atoms with E-state index < -0.39 is 18.5 Å². The number of imide groups is 1. The molecule has 1 aliphatic heterocycles. The molecule has 27 heavy (non-hydrogen) atoms. The van der Waals surface area contributed by atoms with E-state index in [1.54, 1.807) is 18.2 Å². The maximum absolute atomic E-state index is 12.6. The summed E-state index contributed by atoms with van der Waals surface area (Å²) in [5, 5.41) is 0.713. The van der Waals surface area contributed by atoms with Gasteiger partial charge in [0.1, 0.15) is 5.01 Å². The van der Waals surface area contributed by atoms with E-state index >= 15 is 0 Å². The maximum atomic E-state index is 12.6. The highest BCUT2D eigenvalue weighted by Gasteiger charge is 2.27. The Morgan fingerprint density at radius 1 is 1.11 bits per heavy atom. The second kappa shape index (κ2) is 7.28. The number of hydrogen-bond donors (Lipinski definition) is 0. The van der Waals surface area contributed by atoms with Crippen LogP contribution in [0.5, 0.6) is 0 Å². The van der Waals surface area contributed by atoms with E-state index in [9.17, 15) is 14.4 Å². The van der Waals surface area contributed by atoms with Gasteiger partial charge in [0.15, 0.2) is 6.61 Å². The Balaban J connectivity index is 1.54. The molecule has 3 aromatic rings. The van der Waals surface area contributed by atoms with Crippen LogP contribution in [0, 0.1) is 0 Å². The van der Waals surface area contributed by atoms with Gasteiger partial charge in [-0.05, 0) is 24.6 Å². The molecule has 0 unspecified atom stereocenters. The third-order valence-corrected chi connectivity index (χ3v) is 5.44. The second-order valence-electron chi connectivity index (χ2n) is 6.15. The fraction of sp³-hybridized carbons (Fsp3) is 0.200. The number of para-hydroxylation sites is 1. The predicted octanol–water partition coefficient (Wildman–Crippen LogP) is 3.27. The van der Waals surface area contributed by atoms with Crippen molar-refractivity contribution in [2.75, 3.05) is 13.2 Å². The van der Waals surface area contributed by atoms with Gasteiger partial charge in [0.05, 0.1) is 15.8 Å². The van der Waals surface area contributed by atoms with Crippen molar-refractivity contribution in [2.45, 2.75) is 12.8 Å². The summed E-state index contributed by atoms with van der Waals surface area (Å²) >= 11 is 1.49. The fourth-order valence-electron chi connectivity index (χ4n) is 3.03. The molecule has 1 saturated heterocycles. The summed E-state index contributed by atoms with van der Waals surface area (Å²) < 4.78 is 6.21. The van der Waals surface area contributed by atoms with Gasteiger partial charge in [0, 0.05) is 18.5 Å². The van der Waals surface area contributed by atoms with Gasteiger partial charge in [-0.15, -0.1) is 11.3 Å². The minimum Gasteiger partial charge on any atom is -0.452 e. The summed E-state index contributed by atoms with van der Waals surface area (Å²) in [5.74, 6) is -1.31. The van der Waals surface area contributed by atoms with Gasteiger partial charge in [-0.25, -0.2) is 9.78 Å². The minimum atomic E-state index is -0.607. The van der Waals surface area contributed by atoms with Gasteiger partial charge in [0.25, 0.3) is 5.91 Å². The molecule has 1 aliphatic rings. The van der Waals surface area contributed by atoms with Crippen LogP contribution in [0.3, 0.4) is 0 Å². The molecule has 7 heteroatoms. The molecule has 2 heterocycles. The van der Waals surface area contributed by atoms with E-state index in [0.29, 0.717) is 35.5 Å². The van der Waals surface area contributed by atoms with Crippen molar-refractivity contribution in [2.24, 2.45) is 0 Å². The Kier molecular flexibility index (Phi) is 4.68. The van der Waals surface area contributed by atoms with E-state index in [-0.39, 0.29) is 5.91 Å². The lowest BCUT2D eigenvalue weighted by Crippen LogP contribution is -2.35. The second-order valence-corrected chi connectivity index (χ2v) is 7.18. The number of carbonyl (C=O) groups excluding carboxylic acids is 3. The smallest absolute Gasteiger partial charge is 0.339 e. The lowest BCUT2D eigenvalue weighted by molar-refractivity contribution is -0.143. The largest absolute Gasteiger partial charge is 0.452 e. The van der Waals surface area contributed by atoms with E-state index in [1.165, 1.54) is 11.3 Å². The van der Waals surface area contributed by atoms with Crippen LogP contribution in [-0.4, -0.2) is 40.8 Å². The average Bonchev–Trinajstić information content (AvgIpc) is 3.31. The molecular formula is C20H16N2O4S. The lowest BCUT2D eigenvalue weighted by Gasteiger charge is -2.13. The number of hydrogen-bond acceptors (Lipinski definition) is 6. The number of thiazole rings is 1. The van der Waals surface area contributed by atoms with E-state index in [2.05, 4.69) is 4.98 Å². The van der Waals surface area contributed by atoms with E-state index in [0.717, 1.165) is 15.1 Å². The van der Waals surface area contributed by atoms with Crippen LogP contribution >= 0.6 is 11.3 Å². The summed E-state index contributed by atoms with van der Waals surface area (Å²) in [5.41, 5.74) is 1.87. The Labute approximate surface area is 159 Å². The monoisotopic (exact) mass is 380 g/mol. The fourth-order valence-corrected chi connectivity index (χ4v) is 4.03.